The molecule has 0 aliphatic carbocycles. The molecule has 2 aromatic rings. The van der Waals surface area contributed by atoms with Crippen molar-refractivity contribution in [2.75, 3.05) is 6.61 Å². The maximum atomic E-state index is 13.5. The van der Waals surface area contributed by atoms with Gasteiger partial charge in [-0.25, -0.2) is 4.39 Å². The zero-order valence-corrected chi connectivity index (χ0v) is 11.2. The zero-order valence-electron chi connectivity index (χ0n) is 11.2. The number of hydrogen-bond acceptors (Lipinski definition) is 3. The quantitative estimate of drug-likeness (QED) is 0.938. The van der Waals surface area contributed by atoms with Crippen molar-refractivity contribution < 1.29 is 18.3 Å². The molecular weight excluding hydrogens is 261 g/mol. The van der Waals surface area contributed by atoms with Crippen LogP contribution in [0.25, 0.3) is 11.0 Å². The molecule has 1 saturated heterocycles. The van der Waals surface area contributed by atoms with Crippen molar-refractivity contribution in [1.29, 1.82) is 0 Å². The van der Waals surface area contributed by atoms with E-state index in [1.165, 1.54) is 18.4 Å². The average Bonchev–Trinajstić information content (AvgIpc) is 3.05. The highest BCUT2D eigenvalue weighted by Crippen LogP contribution is 2.23. The molecule has 0 radical (unpaired) electrons. The Morgan fingerprint density at radius 3 is 3.15 bits per heavy atom. The van der Waals surface area contributed by atoms with Crippen molar-refractivity contribution in [3.63, 3.8) is 0 Å². The molecule has 1 aromatic carbocycles. The van der Waals surface area contributed by atoms with E-state index in [-0.39, 0.29) is 23.6 Å². The number of benzene rings is 1. The summed E-state index contributed by atoms with van der Waals surface area (Å²) in [4.78, 5) is 12.3. The van der Waals surface area contributed by atoms with Gasteiger partial charge in [0.05, 0.1) is 24.0 Å². The van der Waals surface area contributed by atoms with Crippen molar-refractivity contribution in [3.8, 4) is 0 Å². The highest BCUT2D eigenvalue weighted by molar-refractivity contribution is 6.05. The van der Waals surface area contributed by atoms with Crippen LogP contribution < -0.4 is 5.32 Å². The van der Waals surface area contributed by atoms with Crippen LogP contribution in [0.4, 0.5) is 4.39 Å². The fourth-order valence-corrected chi connectivity index (χ4v) is 2.68. The maximum absolute atomic E-state index is 13.5. The molecule has 106 valence electrons. The number of fused-ring (bicyclic) bond motifs is 1. The van der Waals surface area contributed by atoms with Crippen LogP contribution in [0, 0.1) is 5.82 Å². The standard InChI is InChI=1S/C15H16FNO3/c1-2-13-12(4-6-19-13)17-15(18)11-8-10(16)7-9-3-5-20-14(9)11/h3,5,7-8,12-13H,2,4,6H2,1H3,(H,17,18)/t12-,13+/m1/s1. The number of rotatable bonds is 3. The number of carbonyl (C=O) groups is 1. The SMILES string of the molecule is CC[C@@H]1OCC[C@H]1NC(=O)c1cc(F)cc2ccoc12. The molecule has 1 aliphatic heterocycles. The van der Waals surface area contributed by atoms with E-state index in [0.717, 1.165) is 12.8 Å². The first kappa shape index (κ1) is 13.1. The number of halogens is 1. The van der Waals surface area contributed by atoms with Gasteiger partial charge in [-0.15, -0.1) is 0 Å². The van der Waals surface area contributed by atoms with Gasteiger partial charge in [-0.05, 0) is 31.0 Å². The van der Waals surface area contributed by atoms with Crippen molar-refractivity contribution in [3.05, 3.63) is 35.8 Å². The van der Waals surface area contributed by atoms with Gasteiger partial charge < -0.3 is 14.5 Å². The molecule has 5 heteroatoms. The summed E-state index contributed by atoms with van der Waals surface area (Å²) in [6.45, 7) is 2.66. The number of carbonyl (C=O) groups excluding carboxylic acids is 1. The highest BCUT2D eigenvalue weighted by Gasteiger charge is 2.29. The van der Waals surface area contributed by atoms with Gasteiger partial charge >= 0.3 is 0 Å². The molecule has 1 aliphatic rings. The zero-order chi connectivity index (χ0) is 14.1. The van der Waals surface area contributed by atoms with Gasteiger partial charge in [-0.3, -0.25) is 4.79 Å². The Labute approximate surface area is 115 Å². The van der Waals surface area contributed by atoms with Crippen molar-refractivity contribution in [2.45, 2.75) is 31.9 Å². The van der Waals surface area contributed by atoms with Gasteiger partial charge in [-0.2, -0.15) is 0 Å². The van der Waals surface area contributed by atoms with Gasteiger partial charge in [0, 0.05) is 12.0 Å². The fraction of sp³-hybridized carbons (Fsp3) is 0.400. The number of ether oxygens (including phenoxy) is 1. The van der Waals surface area contributed by atoms with E-state index in [9.17, 15) is 9.18 Å². The van der Waals surface area contributed by atoms with E-state index in [0.29, 0.717) is 17.6 Å². The van der Waals surface area contributed by atoms with Crippen LogP contribution >= 0.6 is 0 Å². The monoisotopic (exact) mass is 277 g/mol. The lowest BCUT2D eigenvalue weighted by molar-refractivity contribution is 0.0809. The Morgan fingerprint density at radius 1 is 1.50 bits per heavy atom. The summed E-state index contributed by atoms with van der Waals surface area (Å²) in [6.07, 6.45) is 3.10. The number of nitrogens with one attached hydrogen (secondary N) is 1. The van der Waals surface area contributed by atoms with Crippen LogP contribution in [0.3, 0.4) is 0 Å². The van der Waals surface area contributed by atoms with E-state index in [2.05, 4.69) is 5.32 Å². The van der Waals surface area contributed by atoms with Gasteiger partial charge in [-0.1, -0.05) is 6.92 Å². The first-order valence-electron chi connectivity index (χ1n) is 6.78. The second-order valence-corrected chi connectivity index (χ2v) is 4.98. The lowest BCUT2D eigenvalue weighted by Gasteiger charge is -2.18. The summed E-state index contributed by atoms with van der Waals surface area (Å²) in [5.41, 5.74) is 0.641. The lowest BCUT2D eigenvalue weighted by atomic mass is 10.1. The predicted octanol–water partition coefficient (Wildman–Crippen LogP) is 2.87. The van der Waals surface area contributed by atoms with E-state index in [4.69, 9.17) is 9.15 Å². The Kier molecular flexibility index (Phi) is 3.44. The number of hydrogen-bond donors (Lipinski definition) is 1. The molecule has 1 amide bonds. The molecule has 20 heavy (non-hydrogen) atoms. The van der Waals surface area contributed by atoms with Crippen LogP contribution in [0.2, 0.25) is 0 Å². The molecule has 4 nitrogen and oxygen atoms in total. The third kappa shape index (κ3) is 2.29. The molecule has 0 bridgehead atoms. The molecule has 2 heterocycles. The van der Waals surface area contributed by atoms with Crippen LogP contribution in [0.1, 0.15) is 30.1 Å². The van der Waals surface area contributed by atoms with E-state index < -0.39 is 5.82 Å². The van der Waals surface area contributed by atoms with Gasteiger partial charge in [0.1, 0.15) is 11.4 Å². The third-order valence-electron chi connectivity index (χ3n) is 3.69. The summed E-state index contributed by atoms with van der Waals surface area (Å²) in [6, 6.07) is 4.17. The molecule has 3 rings (SSSR count). The number of furan rings is 1. The Hall–Kier alpha value is -1.88. The van der Waals surface area contributed by atoms with Gasteiger partial charge in [0.25, 0.3) is 5.91 Å². The van der Waals surface area contributed by atoms with Gasteiger partial charge in [0.2, 0.25) is 0 Å². The average molecular weight is 277 g/mol. The van der Waals surface area contributed by atoms with E-state index >= 15 is 0 Å². The molecule has 0 spiro atoms. The van der Waals surface area contributed by atoms with Crippen molar-refractivity contribution >= 4 is 16.9 Å². The molecule has 1 aromatic heterocycles. The molecule has 1 N–H and O–H groups in total. The molecule has 2 atom stereocenters. The molecule has 0 saturated carbocycles. The topological polar surface area (TPSA) is 51.5 Å². The third-order valence-corrected chi connectivity index (χ3v) is 3.69. The van der Waals surface area contributed by atoms with E-state index in [1.807, 2.05) is 6.92 Å². The first-order chi connectivity index (χ1) is 9.69. The van der Waals surface area contributed by atoms with Gasteiger partial charge in [0.15, 0.2) is 0 Å². The van der Waals surface area contributed by atoms with Crippen LogP contribution in [-0.4, -0.2) is 24.7 Å². The van der Waals surface area contributed by atoms with Crippen molar-refractivity contribution in [2.24, 2.45) is 0 Å². The van der Waals surface area contributed by atoms with Crippen LogP contribution in [0.5, 0.6) is 0 Å². The summed E-state index contributed by atoms with van der Waals surface area (Å²) in [5, 5.41) is 3.50. The van der Waals surface area contributed by atoms with E-state index in [1.54, 1.807) is 6.07 Å². The second kappa shape index (κ2) is 5.25. The summed E-state index contributed by atoms with van der Waals surface area (Å²) in [5.74, 6) is -0.767. The fourth-order valence-electron chi connectivity index (χ4n) is 2.68. The largest absolute Gasteiger partial charge is 0.464 e. The molecule has 0 unspecified atom stereocenters. The summed E-state index contributed by atoms with van der Waals surface area (Å²) in [7, 11) is 0. The van der Waals surface area contributed by atoms with Crippen molar-refractivity contribution in [1.82, 2.24) is 5.32 Å². The minimum atomic E-state index is -0.446. The Morgan fingerprint density at radius 2 is 2.35 bits per heavy atom. The minimum absolute atomic E-state index is 0.0271. The first-order valence-corrected chi connectivity index (χ1v) is 6.78. The predicted molar refractivity (Wildman–Crippen MR) is 72.1 cm³/mol. The lowest BCUT2D eigenvalue weighted by Crippen LogP contribution is -2.40. The Balaban J connectivity index is 1.87. The second-order valence-electron chi connectivity index (χ2n) is 4.98. The molecular formula is C15H16FNO3. The smallest absolute Gasteiger partial charge is 0.255 e. The summed E-state index contributed by atoms with van der Waals surface area (Å²) >= 11 is 0. The molecule has 1 fully saturated rings. The normalized spacial score (nSPS) is 22.3. The highest BCUT2D eigenvalue weighted by atomic mass is 19.1. The number of amides is 1. The maximum Gasteiger partial charge on any atom is 0.255 e. The van der Waals surface area contributed by atoms with Crippen LogP contribution in [0.15, 0.2) is 28.9 Å². The Bertz CT molecular complexity index is 637. The minimum Gasteiger partial charge on any atom is -0.464 e. The van der Waals surface area contributed by atoms with Crippen LogP contribution in [-0.2, 0) is 4.74 Å². The summed E-state index contributed by atoms with van der Waals surface area (Å²) < 4.78 is 24.4.